The number of anilines is 1. The molecule has 0 aliphatic rings. The van der Waals surface area contributed by atoms with Crippen molar-refractivity contribution in [3.63, 3.8) is 0 Å². The van der Waals surface area contributed by atoms with Gasteiger partial charge >= 0.3 is 0 Å². The van der Waals surface area contributed by atoms with E-state index in [-0.39, 0.29) is 5.84 Å². The van der Waals surface area contributed by atoms with Crippen molar-refractivity contribution < 1.29 is 0 Å². The lowest BCUT2D eigenvalue weighted by Crippen LogP contribution is -2.21. The minimum absolute atomic E-state index is 0.0831. The Morgan fingerprint density at radius 2 is 2.21 bits per heavy atom. The predicted molar refractivity (Wildman–Crippen MR) is 86.2 cm³/mol. The van der Waals surface area contributed by atoms with Crippen molar-refractivity contribution in [2.24, 2.45) is 5.73 Å². The van der Waals surface area contributed by atoms with Gasteiger partial charge in [0.1, 0.15) is 5.84 Å². The molecule has 1 aromatic heterocycles. The van der Waals surface area contributed by atoms with Crippen LogP contribution in [0.2, 0.25) is 0 Å². The summed E-state index contributed by atoms with van der Waals surface area (Å²) in [6, 6.07) is 10.1. The Morgan fingerprint density at radius 1 is 1.42 bits per heavy atom. The maximum Gasteiger partial charge on any atom is 0.123 e. The normalized spacial score (nSPS) is 10.4. The van der Waals surface area contributed by atoms with Crippen molar-refractivity contribution >= 4 is 38.8 Å². The van der Waals surface area contributed by atoms with Crippen LogP contribution in [0.1, 0.15) is 17.4 Å². The molecular weight excluding hydrogens is 322 g/mol. The van der Waals surface area contributed by atoms with Crippen LogP contribution in [0.3, 0.4) is 0 Å². The van der Waals surface area contributed by atoms with Gasteiger partial charge in [0.15, 0.2) is 0 Å². The smallest absolute Gasteiger partial charge is 0.123 e. The summed E-state index contributed by atoms with van der Waals surface area (Å²) in [5.41, 5.74) is 7.39. The van der Waals surface area contributed by atoms with Gasteiger partial charge in [-0.2, -0.15) is 0 Å². The molecule has 0 saturated heterocycles. The third-order valence-corrected chi connectivity index (χ3v) is 4.43. The Morgan fingerprint density at radius 3 is 2.74 bits per heavy atom. The molecule has 0 aliphatic carbocycles. The summed E-state index contributed by atoms with van der Waals surface area (Å²) in [5, 5.41) is 9.59. The second kappa shape index (κ2) is 6.21. The van der Waals surface area contributed by atoms with Crippen LogP contribution in [0.4, 0.5) is 5.69 Å². The zero-order valence-corrected chi connectivity index (χ0v) is 13.1. The van der Waals surface area contributed by atoms with E-state index in [9.17, 15) is 0 Å². The molecule has 2 rings (SSSR count). The number of halogens is 1. The number of nitrogens with one attached hydrogen (secondary N) is 1. The molecule has 3 nitrogen and oxygen atoms in total. The van der Waals surface area contributed by atoms with Crippen LogP contribution in [0.25, 0.3) is 0 Å². The fourth-order valence-electron chi connectivity index (χ4n) is 1.90. The van der Waals surface area contributed by atoms with E-state index in [1.165, 1.54) is 4.88 Å². The minimum Gasteiger partial charge on any atom is -0.384 e. The molecule has 5 heteroatoms. The quantitative estimate of drug-likeness (QED) is 0.643. The lowest BCUT2D eigenvalue weighted by Gasteiger charge is -2.23. The predicted octanol–water partition coefficient (Wildman–Crippen LogP) is 3.82. The second-order valence-corrected chi connectivity index (χ2v) is 6.06. The summed E-state index contributed by atoms with van der Waals surface area (Å²) in [4.78, 5) is 3.63. The highest BCUT2D eigenvalue weighted by molar-refractivity contribution is 9.10. The number of hydrogen-bond acceptors (Lipinski definition) is 3. The van der Waals surface area contributed by atoms with E-state index < -0.39 is 0 Å². The first-order chi connectivity index (χ1) is 9.11. The Balaban J connectivity index is 2.23. The lowest BCUT2D eigenvalue weighted by atomic mass is 10.2. The largest absolute Gasteiger partial charge is 0.384 e. The van der Waals surface area contributed by atoms with Gasteiger partial charge in [-0.05, 0) is 52.5 Å². The topological polar surface area (TPSA) is 53.1 Å². The Bertz CT molecular complexity index is 566. The van der Waals surface area contributed by atoms with E-state index in [0.717, 1.165) is 28.8 Å². The molecule has 1 aromatic carbocycles. The number of rotatable bonds is 5. The van der Waals surface area contributed by atoms with Crippen LogP contribution in [0.15, 0.2) is 40.2 Å². The SMILES string of the molecule is CCN(Cc1cccs1)c1ccc(C(=N)N)c(Br)c1. The third-order valence-electron chi connectivity index (χ3n) is 2.92. The van der Waals surface area contributed by atoms with Gasteiger partial charge in [-0.25, -0.2) is 0 Å². The maximum absolute atomic E-state index is 7.49. The fraction of sp³-hybridized carbons (Fsp3) is 0.214. The monoisotopic (exact) mass is 337 g/mol. The van der Waals surface area contributed by atoms with Gasteiger partial charge in [0.05, 0.1) is 6.54 Å². The molecule has 0 radical (unpaired) electrons. The van der Waals surface area contributed by atoms with E-state index in [2.05, 4.69) is 45.3 Å². The van der Waals surface area contributed by atoms with E-state index in [1.807, 2.05) is 18.2 Å². The van der Waals surface area contributed by atoms with E-state index in [0.29, 0.717) is 0 Å². The molecule has 100 valence electrons. The molecule has 0 atom stereocenters. The molecule has 1 heterocycles. The Hall–Kier alpha value is -1.33. The number of nitrogens with zero attached hydrogens (tertiary/aromatic N) is 1. The number of nitrogens with two attached hydrogens (primary N) is 1. The maximum atomic E-state index is 7.49. The van der Waals surface area contributed by atoms with Gasteiger partial charge in [-0.15, -0.1) is 11.3 Å². The van der Waals surface area contributed by atoms with E-state index in [1.54, 1.807) is 11.3 Å². The molecule has 0 unspecified atom stereocenters. The van der Waals surface area contributed by atoms with Crippen molar-refractivity contribution in [2.75, 3.05) is 11.4 Å². The zero-order valence-electron chi connectivity index (χ0n) is 10.7. The average Bonchev–Trinajstić information content (AvgIpc) is 2.88. The summed E-state index contributed by atoms with van der Waals surface area (Å²) in [6.45, 7) is 3.98. The molecule has 3 N–H and O–H groups in total. The highest BCUT2D eigenvalue weighted by Crippen LogP contribution is 2.25. The summed E-state index contributed by atoms with van der Waals surface area (Å²) in [5.74, 6) is 0.0831. The van der Waals surface area contributed by atoms with Crippen molar-refractivity contribution in [1.29, 1.82) is 5.41 Å². The van der Waals surface area contributed by atoms with Crippen LogP contribution in [-0.2, 0) is 6.54 Å². The first-order valence-electron chi connectivity index (χ1n) is 6.03. The first-order valence-corrected chi connectivity index (χ1v) is 7.70. The number of thiophene rings is 1. The summed E-state index contributed by atoms with van der Waals surface area (Å²) in [6.07, 6.45) is 0. The molecule has 0 amide bonds. The molecule has 2 aromatic rings. The molecule has 0 saturated carbocycles. The van der Waals surface area contributed by atoms with Gasteiger partial charge in [0.2, 0.25) is 0 Å². The van der Waals surface area contributed by atoms with Crippen LogP contribution >= 0.6 is 27.3 Å². The Kier molecular flexibility index (Phi) is 4.61. The van der Waals surface area contributed by atoms with E-state index in [4.69, 9.17) is 11.1 Å². The van der Waals surface area contributed by atoms with E-state index >= 15 is 0 Å². The van der Waals surface area contributed by atoms with Crippen molar-refractivity contribution in [1.82, 2.24) is 0 Å². The highest BCUT2D eigenvalue weighted by atomic mass is 79.9. The summed E-state index contributed by atoms with van der Waals surface area (Å²) in [7, 11) is 0. The standard InChI is InChI=1S/C14H16BrN3S/c1-2-18(9-11-4-3-7-19-11)10-5-6-12(14(16)17)13(15)8-10/h3-8H,2,9H2,1H3,(H3,16,17). The van der Waals surface area contributed by atoms with Gasteiger partial charge in [0.25, 0.3) is 0 Å². The van der Waals surface area contributed by atoms with Crippen LogP contribution < -0.4 is 10.6 Å². The highest BCUT2D eigenvalue weighted by Gasteiger charge is 2.09. The second-order valence-electron chi connectivity index (χ2n) is 4.17. The van der Waals surface area contributed by atoms with Crippen molar-refractivity contribution in [3.05, 3.63) is 50.6 Å². The van der Waals surface area contributed by atoms with Gasteiger partial charge < -0.3 is 10.6 Å². The average molecular weight is 338 g/mol. The molecule has 0 spiro atoms. The number of hydrogen-bond donors (Lipinski definition) is 2. The molecule has 0 bridgehead atoms. The fourth-order valence-corrected chi connectivity index (χ4v) is 3.20. The number of nitrogen functional groups attached to an aromatic ring is 1. The van der Waals surface area contributed by atoms with Gasteiger partial charge in [0, 0.05) is 27.1 Å². The molecular formula is C14H16BrN3S. The Labute approximate surface area is 125 Å². The van der Waals surface area contributed by atoms with Gasteiger partial charge in [-0.3, -0.25) is 5.41 Å². The van der Waals surface area contributed by atoms with Crippen molar-refractivity contribution in [3.8, 4) is 0 Å². The zero-order chi connectivity index (χ0) is 13.8. The van der Waals surface area contributed by atoms with Crippen LogP contribution in [-0.4, -0.2) is 12.4 Å². The van der Waals surface area contributed by atoms with Gasteiger partial charge in [-0.1, -0.05) is 6.07 Å². The van der Waals surface area contributed by atoms with Crippen molar-refractivity contribution in [2.45, 2.75) is 13.5 Å². The number of benzene rings is 1. The third kappa shape index (κ3) is 3.36. The first kappa shape index (κ1) is 14.1. The van der Waals surface area contributed by atoms with Crippen LogP contribution in [0, 0.1) is 5.41 Å². The summed E-state index contributed by atoms with van der Waals surface area (Å²) >= 11 is 5.24. The summed E-state index contributed by atoms with van der Waals surface area (Å²) < 4.78 is 0.863. The minimum atomic E-state index is 0.0831. The van der Waals surface area contributed by atoms with Crippen LogP contribution in [0.5, 0.6) is 0 Å². The molecule has 19 heavy (non-hydrogen) atoms. The molecule has 0 fully saturated rings. The molecule has 0 aliphatic heterocycles. The lowest BCUT2D eigenvalue weighted by molar-refractivity contribution is 0.842. The number of amidine groups is 1.